The molecule has 3 rings (SSSR count). The van der Waals surface area contributed by atoms with E-state index >= 15 is 0 Å². The minimum absolute atomic E-state index is 0.102. The number of unbranched alkanes of at least 4 members (excludes halogenated alkanes) is 2. The lowest BCUT2D eigenvalue weighted by molar-refractivity contribution is -0.696. The van der Waals surface area contributed by atoms with Crippen LogP contribution in [0.3, 0.4) is 0 Å². The van der Waals surface area contributed by atoms with Gasteiger partial charge in [0.1, 0.15) is 25.6 Å². The predicted octanol–water partition coefficient (Wildman–Crippen LogP) is 3.31. The Bertz CT molecular complexity index is 1010. The van der Waals surface area contributed by atoms with Crippen LogP contribution in [0.1, 0.15) is 42.5 Å². The first kappa shape index (κ1) is 33.2. The zero-order valence-corrected chi connectivity index (χ0v) is 25.8. The van der Waals surface area contributed by atoms with Crippen molar-refractivity contribution in [1.82, 2.24) is 4.57 Å². The largest absolute Gasteiger partial charge is 0.500 e. The number of imidazole rings is 1. The molecule has 0 saturated heterocycles. The maximum absolute atomic E-state index is 12.9. The number of fused-ring (bicyclic) bond motifs is 1. The van der Waals surface area contributed by atoms with E-state index in [9.17, 15) is 4.79 Å². The molecule has 0 N–H and O–H groups in total. The highest BCUT2D eigenvalue weighted by Crippen LogP contribution is 2.29. The molecular formula is C29H47N2O9Si+. The molecule has 0 amide bonds. The van der Waals surface area contributed by atoms with Gasteiger partial charge in [-0.3, -0.25) is 4.79 Å². The Morgan fingerprint density at radius 3 is 2.12 bits per heavy atom. The van der Waals surface area contributed by atoms with Crippen molar-refractivity contribution >= 4 is 14.6 Å². The Balaban J connectivity index is 1.39. The molecule has 0 bridgehead atoms. The van der Waals surface area contributed by atoms with Gasteiger partial charge in [0.15, 0.2) is 17.3 Å². The summed E-state index contributed by atoms with van der Waals surface area (Å²) in [4.78, 5) is 12.9. The van der Waals surface area contributed by atoms with Gasteiger partial charge in [0.2, 0.25) is 6.33 Å². The number of hydrogen-bond acceptors (Lipinski definition) is 9. The van der Waals surface area contributed by atoms with Gasteiger partial charge in [-0.15, -0.1) is 0 Å². The van der Waals surface area contributed by atoms with Crippen molar-refractivity contribution in [3.63, 3.8) is 0 Å². The summed E-state index contributed by atoms with van der Waals surface area (Å²) in [7, 11) is 2.40. The number of ether oxygens (including phenoxy) is 5. The van der Waals surface area contributed by atoms with Crippen LogP contribution in [0.4, 0.5) is 0 Å². The van der Waals surface area contributed by atoms with Gasteiger partial charge in [0.05, 0.1) is 52.7 Å². The minimum Gasteiger partial charge on any atom is -0.487 e. The van der Waals surface area contributed by atoms with Gasteiger partial charge in [-0.05, 0) is 43.9 Å². The third kappa shape index (κ3) is 11.8. The van der Waals surface area contributed by atoms with Crippen molar-refractivity contribution in [2.45, 2.75) is 51.2 Å². The van der Waals surface area contributed by atoms with E-state index in [4.69, 9.17) is 37.0 Å². The highest BCUT2D eigenvalue weighted by Gasteiger charge is 2.37. The second kappa shape index (κ2) is 19.0. The number of aromatic nitrogens is 2. The van der Waals surface area contributed by atoms with E-state index in [0.717, 1.165) is 44.8 Å². The van der Waals surface area contributed by atoms with Crippen LogP contribution >= 0.6 is 0 Å². The molecule has 0 aliphatic carbocycles. The number of carbonyl (C=O) groups excluding carboxylic acids is 1. The summed E-state index contributed by atoms with van der Waals surface area (Å²) >= 11 is 0. The van der Waals surface area contributed by atoms with E-state index in [1.54, 1.807) is 39.5 Å². The fraction of sp³-hybridized carbons (Fsp3) is 0.655. The lowest BCUT2D eigenvalue weighted by Gasteiger charge is -2.23. The van der Waals surface area contributed by atoms with Gasteiger partial charge >= 0.3 is 8.80 Å². The fourth-order valence-corrected chi connectivity index (χ4v) is 6.22. The van der Waals surface area contributed by atoms with Crippen molar-refractivity contribution < 1.29 is 46.3 Å². The van der Waals surface area contributed by atoms with Gasteiger partial charge in [0, 0.05) is 39.4 Å². The van der Waals surface area contributed by atoms with Gasteiger partial charge in [-0.25, -0.2) is 9.13 Å². The Labute approximate surface area is 244 Å². The number of hydrogen-bond donors (Lipinski definition) is 0. The zero-order chi connectivity index (χ0) is 29.2. The third-order valence-electron chi connectivity index (χ3n) is 6.88. The number of nitrogens with zero attached hydrogens (tertiary/aromatic N) is 2. The second-order valence-corrected chi connectivity index (χ2v) is 12.8. The van der Waals surface area contributed by atoms with Gasteiger partial charge in [0.25, 0.3) is 0 Å². The minimum atomic E-state index is -2.53. The molecule has 1 aromatic carbocycles. The number of aryl methyl sites for hydroxylation is 2. The smallest absolute Gasteiger partial charge is 0.487 e. The van der Waals surface area contributed by atoms with Crippen molar-refractivity contribution in [3.8, 4) is 11.5 Å². The number of carbonyl (C=O) groups is 1. The maximum Gasteiger partial charge on any atom is 0.500 e. The van der Waals surface area contributed by atoms with Crippen LogP contribution in [0.5, 0.6) is 11.5 Å². The molecule has 11 nitrogen and oxygen atoms in total. The summed E-state index contributed by atoms with van der Waals surface area (Å²) in [6, 6.07) is 6.15. The predicted molar refractivity (Wildman–Crippen MR) is 154 cm³/mol. The summed E-state index contributed by atoms with van der Waals surface area (Å²) in [5.41, 5.74) is 0.629. The van der Waals surface area contributed by atoms with Crippen molar-refractivity contribution in [2.24, 2.45) is 0 Å². The molecule has 1 aliphatic heterocycles. The van der Waals surface area contributed by atoms with E-state index in [1.807, 2.05) is 0 Å². The molecule has 2 heterocycles. The van der Waals surface area contributed by atoms with Crippen LogP contribution in [-0.2, 0) is 40.6 Å². The molecule has 12 heteroatoms. The van der Waals surface area contributed by atoms with Crippen LogP contribution in [-0.4, -0.2) is 93.3 Å². The normalized spacial score (nSPS) is 15.7. The fourth-order valence-electron chi connectivity index (χ4n) is 4.52. The lowest BCUT2D eigenvalue weighted by atomic mass is 10.0. The van der Waals surface area contributed by atoms with Crippen LogP contribution < -0.4 is 14.0 Å². The Morgan fingerprint density at radius 1 is 0.829 bits per heavy atom. The molecule has 0 spiro atoms. The lowest BCUT2D eigenvalue weighted by Crippen LogP contribution is -2.43. The average molecular weight is 596 g/mol. The van der Waals surface area contributed by atoms with Gasteiger partial charge in [-0.2, -0.15) is 0 Å². The molecule has 0 atom stereocenters. The molecule has 230 valence electrons. The third-order valence-corrected chi connectivity index (χ3v) is 9.71. The Hall–Kier alpha value is -2.32. The molecular weight excluding hydrogens is 548 g/mol. The maximum atomic E-state index is 12.9. The van der Waals surface area contributed by atoms with E-state index in [-0.39, 0.29) is 5.78 Å². The van der Waals surface area contributed by atoms with E-state index in [2.05, 4.69) is 27.9 Å². The van der Waals surface area contributed by atoms with Crippen LogP contribution in [0.2, 0.25) is 6.04 Å². The summed E-state index contributed by atoms with van der Waals surface area (Å²) in [5.74, 6) is 1.24. The van der Waals surface area contributed by atoms with Crippen molar-refractivity contribution in [3.05, 3.63) is 42.5 Å². The first-order chi connectivity index (χ1) is 20.1. The summed E-state index contributed by atoms with van der Waals surface area (Å²) in [5, 5.41) is 0. The van der Waals surface area contributed by atoms with Crippen LogP contribution in [0.15, 0.2) is 36.9 Å². The second-order valence-electron chi connectivity index (χ2n) is 9.72. The standard InChI is InChI=1S/C29H47N2O9Si/c1-33-41(34-2,35-3)23-7-12-31-14-13-30(25-31)11-6-4-5-8-27(32)26-9-10-28-29(24-26)40-22-20-38-18-16-36-15-17-37-19-21-39-28/h9-10,13-14,24-25H,4-8,11-12,15-23H2,1-3H3/q+1. The number of rotatable bonds is 14. The quantitative estimate of drug-likeness (QED) is 0.141. The van der Waals surface area contributed by atoms with Crippen molar-refractivity contribution in [2.75, 3.05) is 74.2 Å². The summed E-state index contributed by atoms with van der Waals surface area (Å²) in [6.07, 6.45) is 10.5. The first-order valence-electron chi connectivity index (χ1n) is 14.5. The molecule has 41 heavy (non-hydrogen) atoms. The number of benzene rings is 1. The highest BCUT2D eigenvalue weighted by molar-refractivity contribution is 6.60. The van der Waals surface area contributed by atoms with E-state index in [1.165, 1.54) is 0 Å². The average Bonchev–Trinajstić information content (AvgIpc) is 3.44. The summed E-state index contributed by atoms with van der Waals surface area (Å²) in [6.45, 7) is 5.45. The topological polar surface area (TPSA) is 99.7 Å². The van der Waals surface area contributed by atoms with E-state index < -0.39 is 8.80 Å². The molecule has 2 aromatic rings. The van der Waals surface area contributed by atoms with E-state index in [0.29, 0.717) is 76.3 Å². The highest BCUT2D eigenvalue weighted by atomic mass is 28.4. The number of ketones is 1. The Morgan fingerprint density at radius 2 is 1.46 bits per heavy atom. The molecule has 0 saturated carbocycles. The SMILES string of the molecule is CO[Si](CCC[n+]1ccn(CCCCCC(=O)c2ccc3c(c2)OCCOCCOCCOCCO3)c1)(OC)OC. The molecule has 1 aliphatic rings. The zero-order valence-electron chi connectivity index (χ0n) is 24.8. The summed E-state index contributed by atoms with van der Waals surface area (Å²) < 4.78 is 49.1. The van der Waals surface area contributed by atoms with Crippen LogP contribution in [0.25, 0.3) is 0 Å². The first-order valence-corrected chi connectivity index (χ1v) is 16.4. The monoisotopic (exact) mass is 595 g/mol. The van der Waals surface area contributed by atoms with Gasteiger partial charge in [-0.1, -0.05) is 0 Å². The molecule has 0 radical (unpaired) electrons. The molecule has 1 aromatic heterocycles. The molecule has 0 fully saturated rings. The van der Waals surface area contributed by atoms with Gasteiger partial charge < -0.3 is 37.0 Å². The molecule has 0 unspecified atom stereocenters. The van der Waals surface area contributed by atoms with Crippen LogP contribution in [0, 0.1) is 0 Å². The number of Topliss-reactive ketones (excluding diaryl/α,β-unsaturated/α-hetero) is 1. The Kier molecular flexibility index (Phi) is 15.4. The van der Waals surface area contributed by atoms with Crippen molar-refractivity contribution in [1.29, 1.82) is 0 Å².